The molecule has 1 heterocycles. The van der Waals surface area contributed by atoms with Crippen LogP contribution in [0.5, 0.6) is 0 Å². The summed E-state index contributed by atoms with van der Waals surface area (Å²) in [4.78, 5) is 2.88. The molecule has 0 aromatic rings. The Kier molecular flexibility index (Phi) is 4.95. The van der Waals surface area contributed by atoms with Crippen LogP contribution >= 0.6 is 0 Å². The van der Waals surface area contributed by atoms with Gasteiger partial charge in [0.15, 0.2) is 0 Å². The van der Waals surface area contributed by atoms with E-state index in [4.69, 9.17) is 0 Å². The number of hydrogen-bond acceptors (Lipinski definition) is 2. The van der Waals surface area contributed by atoms with Gasteiger partial charge >= 0.3 is 0 Å². The summed E-state index contributed by atoms with van der Waals surface area (Å²) < 4.78 is 0. The molecule has 4 atom stereocenters. The van der Waals surface area contributed by atoms with Crippen molar-refractivity contribution in [1.29, 1.82) is 0 Å². The molecule has 2 nitrogen and oxygen atoms in total. The Morgan fingerprint density at radius 1 is 1.24 bits per heavy atom. The van der Waals surface area contributed by atoms with E-state index in [1.165, 1.54) is 71.1 Å². The lowest BCUT2D eigenvalue weighted by Gasteiger charge is -2.45. The number of nitrogens with zero attached hydrogens (tertiary/aromatic N) is 1. The molecule has 1 aliphatic heterocycles. The summed E-state index contributed by atoms with van der Waals surface area (Å²) in [6.07, 6.45) is 10.3. The summed E-state index contributed by atoms with van der Waals surface area (Å²) in [7, 11) is 0. The fourth-order valence-electron chi connectivity index (χ4n) is 5.41. The van der Waals surface area contributed by atoms with Gasteiger partial charge in [0.2, 0.25) is 0 Å². The molecule has 0 aromatic carbocycles. The molecule has 122 valence electrons. The van der Waals surface area contributed by atoms with Crippen LogP contribution < -0.4 is 5.32 Å². The van der Waals surface area contributed by atoms with E-state index in [9.17, 15) is 0 Å². The van der Waals surface area contributed by atoms with Crippen LogP contribution in [-0.4, -0.2) is 37.1 Å². The molecule has 0 spiro atoms. The molecule has 0 aromatic heterocycles. The molecular formula is C19H36N2. The van der Waals surface area contributed by atoms with Gasteiger partial charge in [-0.3, -0.25) is 4.90 Å². The molecule has 2 aliphatic carbocycles. The smallest absolute Gasteiger partial charge is 0.00988 e. The molecule has 1 N–H and O–H groups in total. The number of piperidine rings is 1. The van der Waals surface area contributed by atoms with E-state index in [-0.39, 0.29) is 0 Å². The highest BCUT2D eigenvalue weighted by Crippen LogP contribution is 2.44. The number of nitrogens with one attached hydrogen (secondary N) is 1. The average molecular weight is 293 g/mol. The van der Waals surface area contributed by atoms with Crippen molar-refractivity contribution in [3.8, 4) is 0 Å². The molecule has 3 rings (SSSR count). The van der Waals surface area contributed by atoms with Gasteiger partial charge in [-0.15, -0.1) is 0 Å². The molecule has 1 saturated heterocycles. The van der Waals surface area contributed by atoms with E-state index in [1.54, 1.807) is 0 Å². The molecule has 3 aliphatic rings. The Balaban J connectivity index is 1.61. The molecule has 2 heteroatoms. The van der Waals surface area contributed by atoms with Crippen molar-refractivity contribution in [1.82, 2.24) is 10.2 Å². The normalized spacial score (nSPS) is 40.3. The topological polar surface area (TPSA) is 15.3 Å². The highest BCUT2D eigenvalue weighted by molar-refractivity contribution is 4.97. The molecule has 21 heavy (non-hydrogen) atoms. The minimum absolute atomic E-state index is 0.567. The maximum Gasteiger partial charge on any atom is 0.00988 e. The van der Waals surface area contributed by atoms with Gasteiger partial charge in [-0.1, -0.05) is 33.6 Å². The van der Waals surface area contributed by atoms with Crippen LogP contribution in [0.4, 0.5) is 0 Å². The van der Waals surface area contributed by atoms with Crippen LogP contribution in [0.3, 0.4) is 0 Å². The lowest BCUT2D eigenvalue weighted by Crippen LogP contribution is -2.49. The number of fused-ring (bicyclic) bond motifs is 2. The molecule has 2 saturated carbocycles. The van der Waals surface area contributed by atoms with Gasteiger partial charge in [0.25, 0.3) is 0 Å². The quantitative estimate of drug-likeness (QED) is 0.798. The van der Waals surface area contributed by atoms with Crippen molar-refractivity contribution in [2.75, 3.05) is 26.2 Å². The van der Waals surface area contributed by atoms with Crippen LogP contribution in [0, 0.1) is 23.2 Å². The van der Waals surface area contributed by atoms with E-state index in [2.05, 4.69) is 31.0 Å². The van der Waals surface area contributed by atoms with Crippen molar-refractivity contribution in [3.63, 3.8) is 0 Å². The fourth-order valence-corrected chi connectivity index (χ4v) is 5.41. The fraction of sp³-hybridized carbons (Fsp3) is 1.00. The first-order valence-corrected chi connectivity index (χ1v) is 9.51. The second-order valence-electron chi connectivity index (χ2n) is 8.99. The van der Waals surface area contributed by atoms with E-state index < -0.39 is 0 Å². The Morgan fingerprint density at radius 3 is 2.71 bits per heavy atom. The third-order valence-corrected chi connectivity index (χ3v) is 6.30. The van der Waals surface area contributed by atoms with Gasteiger partial charge in [0.05, 0.1) is 0 Å². The van der Waals surface area contributed by atoms with Crippen LogP contribution in [0.25, 0.3) is 0 Å². The lowest BCUT2D eigenvalue weighted by atomic mass is 9.69. The Hall–Kier alpha value is -0.0800. The monoisotopic (exact) mass is 292 g/mol. The molecule has 3 fully saturated rings. The lowest BCUT2D eigenvalue weighted by molar-refractivity contribution is 0.0639. The minimum atomic E-state index is 0.567. The number of likely N-dealkylation sites (tertiary alicyclic amines) is 1. The molecule has 4 unspecified atom stereocenters. The van der Waals surface area contributed by atoms with Crippen molar-refractivity contribution < 1.29 is 0 Å². The first-order valence-electron chi connectivity index (χ1n) is 9.51. The zero-order valence-corrected chi connectivity index (χ0v) is 14.5. The molecule has 2 bridgehead atoms. The zero-order valence-electron chi connectivity index (χ0n) is 14.5. The summed E-state index contributed by atoms with van der Waals surface area (Å²) in [6, 6.07) is 0.939. The van der Waals surface area contributed by atoms with E-state index in [0.717, 1.165) is 23.8 Å². The maximum atomic E-state index is 3.81. The average Bonchev–Trinajstić information content (AvgIpc) is 3.00. The van der Waals surface area contributed by atoms with Crippen molar-refractivity contribution in [3.05, 3.63) is 0 Å². The Bertz CT molecular complexity index is 340. The summed E-state index contributed by atoms with van der Waals surface area (Å²) in [5.74, 6) is 2.74. The van der Waals surface area contributed by atoms with Gasteiger partial charge in [-0.05, 0) is 61.8 Å². The van der Waals surface area contributed by atoms with Gasteiger partial charge < -0.3 is 5.32 Å². The van der Waals surface area contributed by atoms with Crippen molar-refractivity contribution in [2.24, 2.45) is 23.2 Å². The maximum absolute atomic E-state index is 3.81. The predicted molar refractivity (Wildman–Crippen MR) is 90.5 cm³/mol. The van der Waals surface area contributed by atoms with Crippen LogP contribution in [-0.2, 0) is 0 Å². The van der Waals surface area contributed by atoms with Crippen molar-refractivity contribution in [2.45, 2.75) is 71.8 Å². The minimum Gasteiger partial charge on any atom is -0.316 e. The van der Waals surface area contributed by atoms with Crippen LogP contribution in [0.15, 0.2) is 0 Å². The molecule has 0 radical (unpaired) electrons. The van der Waals surface area contributed by atoms with Crippen LogP contribution in [0.2, 0.25) is 0 Å². The molecule has 0 amide bonds. The van der Waals surface area contributed by atoms with Crippen LogP contribution in [0.1, 0.15) is 65.7 Å². The number of rotatable bonds is 6. The Morgan fingerprint density at radius 2 is 2.10 bits per heavy atom. The summed E-state index contributed by atoms with van der Waals surface area (Å²) in [5, 5.41) is 3.81. The third-order valence-electron chi connectivity index (χ3n) is 6.30. The Labute approximate surface area is 132 Å². The predicted octanol–water partition coefficient (Wildman–Crippen LogP) is 3.91. The van der Waals surface area contributed by atoms with Gasteiger partial charge in [0, 0.05) is 25.7 Å². The van der Waals surface area contributed by atoms with E-state index >= 15 is 0 Å². The van der Waals surface area contributed by atoms with E-state index in [1.807, 2.05) is 0 Å². The van der Waals surface area contributed by atoms with Gasteiger partial charge in [0.1, 0.15) is 0 Å². The van der Waals surface area contributed by atoms with Gasteiger partial charge in [-0.25, -0.2) is 0 Å². The first-order chi connectivity index (χ1) is 10.1. The third kappa shape index (κ3) is 3.82. The van der Waals surface area contributed by atoms with Gasteiger partial charge in [-0.2, -0.15) is 0 Å². The highest BCUT2D eigenvalue weighted by Gasteiger charge is 2.43. The second-order valence-corrected chi connectivity index (χ2v) is 8.99. The standard InChI is InChI=1S/C19H36N2/c1-15(2)11-20-13-19(8-4-5-16(3)10-19)14-21-12-17-6-7-18(21)9-17/h15-18,20H,4-14H2,1-3H3. The molecular weight excluding hydrogens is 256 g/mol. The highest BCUT2D eigenvalue weighted by atomic mass is 15.2. The zero-order chi connectivity index (χ0) is 14.9. The summed E-state index contributed by atoms with van der Waals surface area (Å²) in [5.41, 5.74) is 0.567. The second kappa shape index (κ2) is 6.58. The number of hydrogen-bond donors (Lipinski definition) is 1. The summed E-state index contributed by atoms with van der Waals surface area (Å²) in [6.45, 7) is 12.3. The van der Waals surface area contributed by atoms with E-state index in [0.29, 0.717) is 5.41 Å². The first kappa shape index (κ1) is 15.8. The summed E-state index contributed by atoms with van der Waals surface area (Å²) >= 11 is 0. The SMILES string of the molecule is CC(C)CNCC1(CN2CC3CCC2C3)CCCC(C)C1. The van der Waals surface area contributed by atoms with Crippen molar-refractivity contribution >= 4 is 0 Å². The largest absolute Gasteiger partial charge is 0.316 e.